The molecular formula is C34H52N2O5. The number of hydrogen-bond acceptors (Lipinski definition) is 6. The average molecular weight is 569 g/mol. The molecule has 7 unspecified atom stereocenters. The number of allylic oxidation sites excluding steroid dienone is 1. The van der Waals surface area contributed by atoms with Gasteiger partial charge in [-0.05, 0) is 87.6 Å². The lowest BCUT2D eigenvalue weighted by molar-refractivity contribution is -0.198. The molecule has 4 aliphatic carbocycles. The summed E-state index contributed by atoms with van der Waals surface area (Å²) < 4.78 is 13.2. The van der Waals surface area contributed by atoms with E-state index in [4.69, 9.17) is 9.47 Å². The van der Waals surface area contributed by atoms with Gasteiger partial charge in [-0.25, -0.2) is 0 Å². The van der Waals surface area contributed by atoms with E-state index in [0.717, 1.165) is 76.7 Å². The van der Waals surface area contributed by atoms with Crippen molar-refractivity contribution in [3.63, 3.8) is 0 Å². The molecule has 10 atom stereocenters. The van der Waals surface area contributed by atoms with Gasteiger partial charge in [0.25, 0.3) is 0 Å². The minimum Gasteiger partial charge on any atom is -0.481 e. The summed E-state index contributed by atoms with van der Waals surface area (Å²) in [6.45, 7) is 13.5. The lowest BCUT2D eigenvalue weighted by Gasteiger charge is -2.60. The first kappa shape index (κ1) is 28.5. The molecule has 0 amide bonds. The Morgan fingerprint density at radius 3 is 2.56 bits per heavy atom. The number of ether oxygens (including phenoxy) is 2. The van der Waals surface area contributed by atoms with Crippen molar-refractivity contribution in [1.29, 1.82) is 0 Å². The molecule has 4 bridgehead atoms. The van der Waals surface area contributed by atoms with Crippen LogP contribution in [0.2, 0.25) is 0 Å². The Labute approximate surface area is 246 Å². The molecule has 3 heterocycles. The van der Waals surface area contributed by atoms with E-state index >= 15 is 0 Å². The number of likely N-dealkylation sites (tertiary alicyclic amines) is 1. The van der Waals surface area contributed by atoms with Crippen molar-refractivity contribution in [3.05, 3.63) is 11.6 Å². The standard InChI is InChI=1S/C34H52N2O5/c1-22(2)29-15-24-16-32(21-37)28-9-7-23(3)27(28)17-33(24,34(29,32)31(38)39)30-10-8-25(41-30)18-36-13-14-40-26(20-36)19-35-11-5-4-6-12-35/h15,21-28,30H,4-14,16-20H2,1-3H3,(H,38,39)/t23-,24?,25?,26?,27-,28-,30?,32?,33?,34?/m1/s1. The van der Waals surface area contributed by atoms with E-state index in [2.05, 4.69) is 36.6 Å². The van der Waals surface area contributed by atoms with Gasteiger partial charge in [0.1, 0.15) is 11.7 Å². The molecule has 41 heavy (non-hydrogen) atoms. The number of carbonyl (C=O) groups is 2. The highest BCUT2D eigenvalue weighted by Gasteiger charge is 2.86. The SMILES string of the molecule is CC(C)C1=CC2CC3(C=O)[C@@H]4CC[C@@H](C)[C@H]4CC2(C2CCC(CN4CCOC(CN5CCCCC5)C4)O2)C13C(=O)O. The van der Waals surface area contributed by atoms with Crippen molar-refractivity contribution >= 4 is 12.3 Å². The largest absolute Gasteiger partial charge is 0.481 e. The lowest BCUT2D eigenvalue weighted by atomic mass is 9.41. The fraction of sp³-hybridized carbons (Fsp3) is 0.882. The van der Waals surface area contributed by atoms with Crippen molar-refractivity contribution < 1.29 is 24.2 Å². The van der Waals surface area contributed by atoms with Crippen LogP contribution in [0.15, 0.2) is 11.6 Å². The van der Waals surface area contributed by atoms with Gasteiger partial charge >= 0.3 is 5.97 Å². The van der Waals surface area contributed by atoms with Crippen molar-refractivity contribution in [1.82, 2.24) is 9.80 Å². The lowest BCUT2D eigenvalue weighted by Crippen LogP contribution is -2.65. The van der Waals surface area contributed by atoms with Gasteiger partial charge < -0.3 is 24.3 Å². The second-order valence-electron chi connectivity index (χ2n) is 15.3. The molecule has 3 saturated carbocycles. The zero-order chi connectivity index (χ0) is 28.6. The normalized spacial score (nSPS) is 48.0. The molecule has 0 aromatic carbocycles. The van der Waals surface area contributed by atoms with Crippen molar-refractivity contribution in [2.45, 2.75) is 96.9 Å². The summed E-state index contributed by atoms with van der Waals surface area (Å²) in [5.74, 6) is 0.576. The van der Waals surface area contributed by atoms with Crippen LogP contribution in [0.25, 0.3) is 0 Å². The van der Waals surface area contributed by atoms with Crippen LogP contribution in [0.4, 0.5) is 0 Å². The minimum atomic E-state index is -1.14. The highest BCUT2D eigenvalue weighted by atomic mass is 16.5. The highest BCUT2D eigenvalue weighted by molar-refractivity contribution is 5.90. The predicted molar refractivity (Wildman–Crippen MR) is 156 cm³/mol. The first-order valence-electron chi connectivity index (χ1n) is 16.9. The smallest absolute Gasteiger partial charge is 0.315 e. The molecular weight excluding hydrogens is 516 g/mol. The molecule has 7 rings (SSSR count). The molecule has 3 saturated heterocycles. The Bertz CT molecular complexity index is 1070. The van der Waals surface area contributed by atoms with Gasteiger partial charge in [-0.3, -0.25) is 9.69 Å². The van der Waals surface area contributed by atoms with Crippen molar-refractivity contribution in [2.75, 3.05) is 45.9 Å². The van der Waals surface area contributed by atoms with E-state index in [-0.39, 0.29) is 36.1 Å². The zero-order valence-corrected chi connectivity index (χ0v) is 25.6. The van der Waals surface area contributed by atoms with Crippen LogP contribution in [-0.2, 0) is 19.1 Å². The summed E-state index contributed by atoms with van der Waals surface area (Å²) in [6, 6.07) is 0. The topological polar surface area (TPSA) is 79.3 Å². The highest BCUT2D eigenvalue weighted by Crippen LogP contribution is 2.84. The molecule has 228 valence electrons. The van der Waals surface area contributed by atoms with Crippen molar-refractivity contribution in [2.24, 2.45) is 45.8 Å². The number of piperidine rings is 1. The van der Waals surface area contributed by atoms with Gasteiger partial charge in [-0.1, -0.05) is 45.3 Å². The molecule has 6 fully saturated rings. The van der Waals surface area contributed by atoms with E-state index in [0.29, 0.717) is 18.3 Å². The number of aliphatic carboxylic acids is 1. The Hall–Kier alpha value is -1.28. The molecule has 0 aromatic heterocycles. The summed E-state index contributed by atoms with van der Waals surface area (Å²) >= 11 is 0. The Balaban J connectivity index is 1.14. The van der Waals surface area contributed by atoms with Gasteiger partial charge in [0, 0.05) is 31.6 Å². The second-order valence-corrected chi connectivity index (χ2v) is 15.3. The number of aldehydes is 1. The monoisotopic (exact) mass is 568 g/mol. The van der Waals surface area contributed by atoms with E-state index in [1.54, 1.807) is 0 Å². The third kappa shape index (κ3) is 3.90. The Morgan fingerprint density at radius 1 is 1.05 bits per heavy atom. The second kappa shape index (κ2) is 10.4. The average Bonchev–Trinajstić information content (AvgIpc) is 3.69. The number of nitrogens with zero attached hydrogens (tertiary/aromatic N) is 2. The number of hydrogen-bond donors (Lipinski definition) is 1. The minimum absolute atomic E-state index is 0.105. The molecule has 0 radical (unpaired) electrons. The molecule has 7 heteroatoms. The molecule has 3 aliphatic heterocycles. The van der Waals surface area contributed by atoms with E-state index in [1.165, 1.54) is 32.4 Å². The van der Waals surface area contributed by atoms with Gasteiger partial charge in [0.2, 0.25) is 0 Å². The molecule has 0 aromatic rings. The number of carboxylic acids is 1. The maximum absolute atomic E-state index is 13.8. The van der Waals surface area contributed by atoms with Crippen molar-refractivity contribution in [3.8, 4) is 0 Å². The first-order chi connectivity index (χ1) is 19.8. The number of carboxylic acid groups (broad SMARTS) is 1. The summed E-state index contributed by atoms with van der Waals surface area (Å²) in [6.07, 6.45) is 13.2. The van der Waals surface area contributed by atoms with Crippen LogP contribution >= 0.6 is 0 Å². The third-order valence-corrected chi connectivity index (χ3v) is 13.3. The van der Waals surface area contributed by atoms with Crippen LogP contribution in [0.1, 0.15) is 78.6 Å². The van der Waals surface area contributed by atoms with Crippen LogP contribution in [0.5, 0.6) is 0 Å². The summed E-state index contributed by atoms with van der Waals surface area (Å²) in [7, 11) is 0. The first-order valence-corrected chi connectivity index (χ1v) is 16.9. The number of rotatable bonds is 8. The van der Waals surface area contributed by atoms with E-state index < -0.39 is 22.2 Å². The van der Waals surface area contributed by atoms with Crippen LogP contribution in [0.3, 0.4) is 0 Å². The third-order valence-electron chi connectivity index (χ3n) is 13.3. The number of carbonyl (C=O) groups excluding carboxylic acids is 1. The van der Waals surface area contributed by atoms with Crippen LogP contribution in [0, 0.1) is 45.8 Å². The molecule has 7 aliphatic rings. The summed E-state index contributed by atoms with van der Waals surface area (Å²) in [5, 5.41) is 11.3. The number of morpholine rings is 1. The predicted octanol–water partition coefficient (Wildman–Crippen LogP) is 4.65. The zero-order valence-electron chi connectivity index (χ0n) is 25.6. The quantitative estimate of drug-likeness (QED) is 0.337. The molecule has 1 N–H and O–H groups in total. The Kier molecular flexibility index (Phi) is 7.24. The maximum atomic E-state index is 13.8. The summed E-state index contributed by atoms with van der Waals surface area (Å²) in [4.78, 5) is 32.3. The van der Waals surface area contributed by atoms with Crippen LogP contribution in [-0.4, -0.2) is 91.3 Å². The maximum Gasteiger partial charge on any atom is 0.315 e. The molecule has 0 spiro atoms. The summed E-state index contributed by atoms with van der Waals surface area (Å²) in [5.41, 5.74) is -1.44. The Morgan fingerprint density at radius 2 is 1.83 bits per heavy atom. The van der Waals surface area contributed by atoms with E-state index in [1.807, 2.05) is 0 Å². The van der Waals surface area contributed by atoms with Gasteiger partial charge in [0.15, 0.2) is 0 Å². The van der Waals surface area contributed by atoms with Crippen LogP contribution < -0.4 is 0 Å². The number of fused-ring (bicyclic) bond motifs is 2. The fourth-order valence-electron chi connectivity index (χ4n) is 11.8. The fourth-order valence-corrected chi connectivity index (χ4v) is 11.8. The molecule has 7 nitrogen and oxygen atoms in total. The van der Waals surface area contributed by atoms with Gasteiger partial charge in [-0.15, -0.1) is 0 Å². The van der Waals surface area contributed by atoms with Gasteiger partial charge in [0.05, 0.1) is 30.3 Å². The van der Waals surface area contributed by atoms with E-state index in [9.17, 15) is 14.7 Å². The van der Waals surface area contributed by atoms with Gasteiger partial charge in [-0.2, -0.15) is 0 Å².